The lowest BCUT2D eigenvalue weighted by Gasteiger charge is -2.27. The summed E-state index contributed by atoms with van der Waals surface area (Å²) < 4.78 is 29.6. The Balaban J connectivity index is 1.88. The lowest BCUT2D eigenvalue weighted by atomic mass is 9.96. The summed E-state index contributed by atoms with van der Waals surface area (Å²) in [6.45, 7) is 1.82. The molecule has 2 unspecified atom stereocenters. The molecular formula is C15H22IN6O9P. The summed E-state index contributed by atoms with van der Waals surface area (Å²) in [5, 5.41) is 32.4. The second-order valence-corrected chi connectivity index (χ2v) is 9.74. The Bertz CT molecular complexity index is 1080. The molecule has 7 N–H and O–H groups in total. The predicted molar refractivity (Wildman–Crippen MR) is 116 cm³/mol. The summed E-state index contributed by atoms with van der Waals surface area (Å²) in [6, 6.07) is -1.37. The average Bonchev–Trinajstić information content (AvgIpc) is 3.12. The summed E-state index contributed by atoms with van der Waals surface area (Å²) in [7, 11) is -3.17. The quantitative estimate of drug-likeness (QED) is 0.126. The minimum Gasteiger partial charge on any atom is -0.480 e. The molecule has 15 nitrogen and oxygen atoms in total. The Morgan fingerprint density at radius 3 is 2.72 bits per heavy atom. The molecule has 2 aromatic heterocycles. The monoisotopic (exact) mass is 588 g/mol. The van der Waals surface area contributed by atoms with E-state index < -0.39 is 50.4 Å². The van der Waals surface area contributed by atoms with Crippen molar-refractivity contribution in [2.45, 2.75) is 43.9 Å². The molecule has 1 fully saturated rings. The van der Waals surface area contributed by atoms with Gasteiger partial charge in [0.25, 0.3) is 0 Å². The second-order valence-electron chi connectivity index (χ2n) is 7.22. The lowest BCUT2D eigenvalue weighted by Crippen LogP contribution is -2.44. The van der Waals surface area contributed by atoms with Gasteiger partial charge in [0.15, 0.2) is 21.2 Å². The molecule has 0 amide bonds. The first-order valence-electron chi connectivity index (χ1n) is 9.07. The number of aliphatic carboxylic acids is 1. The number of nitrogens with one attached hydrogen (secondary N) is 1. The van der Waals surface area contributed by atoms with Gasteiger partial charge in [-0.25, -0.2) is 14.6 Å². The highest BCUT2D eigenvalue weighted by Gasteiger charge is 2.54. The zero-order valence-electron chi connectivity index (χ0n) is 17.0. The standard InChI is InChI=1S/C15H22IN6O9P/c1-5(11(24)25)21-32(27,28)30-4-6-8(23)15(2,26)12(31-6)22-9-7(18-13(22)16)10(29-3)20-14(17)19-9/h5-6,8,12,23,26H,4H2,1-3H3,(H,24,25)(H2,17,19,20)(H2,21,27,28)/t5?,6-,8-,12-,15-/m1/s1. The minimum absolute atomic E-state index is 0.0991. The van der Waals surface area contributed by atoms with Crippen molar-refractivity contribution < 1.29 is 43.6 Å². The van der Waals surface area contributed by atoms with Crippen LogP contribution in [0.3, 0.4) is 0 Å². The van der Waals surface area contributed by atoms with E-state index in [1.54, 1.807) is 0 Å². The molecule has 1 saturated heterocycles. The van der Waals surface area contributed by atoms with Crippen LogP contribution in [0.5, 0.6) is 5.88 Å². The van der Waals surface area contributed by atoms with Crippen molar-refractivity contribution in [3.8, 4) is 5.88 Å². The van der Waals surface area contributed by atoms with E-state index in [2.05, 4.69) is 15.0 Å². The van der Waals surface area contributed by atoms with Crippen molar-refractivity contribution in [3.63, 3.8) is 0 Å². The predicted octanol–water partition coefficient (Wildman–Crippen LogP) is -0.789. The van der Waals surface area contributed by atoms with Crippen LogP contribution in [0.4, 0.5) is 5.95 Å². The third-order valence-corrected chi connectivity index (χ3v) is 6.78. The van der Waals surface area contributed by atoms with Crippen LogP contribution in [0.2, 0.25) is 0 Å². The number of fused-ring (bicyclic) bond motifs is 1. The molecule has 178 valence electrons. The summed E-state index contributed by atoms with van der Waals surface area (Å²) in [5.74, 6) is -1.38. The molecular weight excluding hydrogens is 566 g/mol. The number of aliphatic hydroxyl groups excluding tert-OH is 1. The highest BCUT2D eigenvalue weighted by atomic mass is 127. The molecule has 0 spiro atoms. The molecule has 0 radical (unpaired) electrons. The molecule has 17 heteroatoms. The second kappa shape index (κ2) is 8.94. The number of hydrogen-bond donors (Lipinski definition) is 6. The number of nitrogen functional groups attached to an aromatic ring is 1. The number of rotatable bonds is 8. The van der Waals surface area contributed by atoms with Crippen LogP contribution in [0.1, 0.15) is 20.1 Å². The van der Waals surface area contributed by atoms with E-state index in [0.29, 0.717) is 3.83 Å². The summed E-state index contributed by atoms with van der Waals surface area (Å²) in [5.41, 5.74) is 4.23. The van der Waals surface area contributed by atoms with Gasteiger partial charge < -0.3 is 35.4 Å². The van der Waals surface area contributed by atoms with Crippen molar-refractivity contribution >= 4 is 53.4 Å². The van der Waals surface area contributed by atoms with Gasteiger partial charge in [0, 0.05) is 22.6 Å². The zero-order valence-corrected chi connectivity index (χ0v) is 20.1. The average molecular weight is 588 g/mol. The van der Waals surface area contributed by atoms with E-state index in [0.717, 1.165) is 6.92 Å². The number of anilines is 1. The van der Waals surface area contributed by atoms with Gasteiger partial charge in [0.05, 0.1) is 13.7 Å². The molecule has 0 aromatic carbocycles. The van der Waals surface area contributed by atoms with Gasteiger partial charge in [-0.3, -0.25) is 13.9 Å². The number of halogens is 1. The molecule has 1 aliphatic rings. The number of aromatic nitrogens is 4. The summed E-state index contributed by atoms with van der Waals surface area (Å²) in [4.78, 5) is 33.1. The van der Waals surface area contributed by atoms with Crippen molar-refractivity contribution in [1.29, 1.82) is 0 Å². The van der Waals surface area contributed by atoms with Gasteiger partial charge in [-0.2, -0.15) is 9.97 Å². The summed E-state index contributed by atoms with van der Waals surface area (Å²) >= 11 is 1.87. The SMILES string of the molecule is COc1nc(N)nc2c1nc(I)n2[C@@H]1O[C@H](COP(=O)(O)NC(C)C(=O)O)[C@@H](O)[C@@]1(C)O. The Morgan fingerprint density at radius 1 is 1.47 bits per heavy atom. The van der Waals surface area contributed by atoms with Crippen LogP contribution in [-0.4, -0.2) is 83.3 Å². The number of carboxylic acid groups (broad SMARTS) is 1. The molecule has 3 heterocycles. The van der Waals surface area contributed by atoms with Gasteiger partial charge in [-0.15, -0.1) is 0 Å². The van der Waals surface area contributed by atoms with E-state index in [1.165, 1.54) is 18.6 Å². The minimum atomic E-state index is -4.55. The van der Waals surface area contributed by atoms with Gasteiger partial charge in [-0.05, 0) is 13.8 Å². The third-order valence-electron chi connectivity index (χ3n) is 4.81. The summed E-state index contributed by atoms with van der Waals surface area (Å²) in [6.07, 6.45) is -4.06. The highest BCUT2D eigenvalue weighted by Crippen LogP contribution is 2.44. The van der Waals surface area contributed by atoms with Crippen molar-refractivity contribution in [2.24, 2.45) is 0 Å². The largest absolute Gasteiger partial charge is 0.480 e. The Kier molecular flexibility index (Phi) is 6.98. The first-order valence-corrected chi connectivity index (χ1v) is 11.7. The number of carbonyl (C=O) groups is 1. The number of aliphatic hydroxyl groups is 2. The molecule has 2 aromatic rings. The first-order chi connectivity index (χ1) is 14.8. The number of ether oxygens (including phenoxy) is 2. The molecule has 0 aliphatic carbocycles. The van der Waals surface area contributed by atoms with Gasteiger partial charge >= 0.3 is 13.7 Å². The number of nitrogens with zero attached hydrogens (tertiary/aromatic N) is 4. The first kappa shape index (κ1) is 25.0. The highest BCUT2D eigenvalue weighted by molar-refractivity contribution is 14.1. The van der Waals surface area contributed by atoms with Crippen LogP contribution in [0, 0.1) is 3.83 Å². The van der Waals surface area contributed by atoms with E-state index >= 15 is 0 Å². The number of carboxylic acids is 1. The maximum atomic E-state index is 12.1. The zero-order chi connectivity index (χ0) is 24.0. The van der Waals surface area contributed by atoms with Crippen LogP contribution in [0.25, 0.3) is 11.2 Å². The smallest absolute Gasteiger partial charge is 0.403 e. The Hall–Kier alpha value is -1.66. The fourth-order valence-corrected chi connectivity index (χ4v) is 4.90. The van der Waals surface area contributed by atoms with Crippen LogP contribution in [-0.2, 0) is 18.6 Å². The molecule has 3 rings (SSSR count). The molecule has 6 atom stereocenters. The fourth-order valence-electron chi connectivity index (χ4n) is 3.15. The van der Waals surface area contributed by atoms with E-state index in [4.69, 9.17) is 24.8 Å². The van der Waals surface area contributed by atoms with E-state index in [-0.39, 0.29) is 23.0 Å². The third kappa shape index (κ3) is 4.67. The molecule has 1 aliphatic heterocycles. The van der Waals surface area contributed by atoms with E-state index in [1.807, 2.05) is 27.7 Å². The number of methoxy groups -OCH3 is 1. The van der Waals surface area contributed by atoms with Crippen molar-refractivity contribution in [2.75, 3.05) is 19.5 Å². The van der Waals surface area contributed by atoms with Crippen LogP contribution < -0.4 is 15.6 Å². The van der Waals surface area contributed by atoms with Gasteiger partial charge in [0.2, 0.25) is 11.8 Å². The van der Waals surface area contributed by atoms with Gasteiger partial charge in [-0.1, -0.05) is 0 Å². The molecule has 0 saturated carbocycles. The van der Waals surface area contributed by atoms with Crippen molar-refractivity contribution in [3.05, 3.63) is 3.83 Å². The van der Waals surface area contributed by atoms with Crippen LogP contribution in [0.15, 0.2) is 0 Å². The number of nitrogens with two attached hydrogens (primary N) is 1. The van der Waals surface area contributed by atoms with E-state index in [9.17, 15) is 24.5 Å². The van der Waals surface area contributed by atoms with Gasteiger partial charge in [0.1, 0.15) is 23.9 Å². The molecule has 0 bridgehead atoms. The van der Waals surface area contributed by atoms with Crippen molar-refractivity contribution in [1.82, 2.24) is 24.6 Å². The van der Waals surface area contributed by atoms with Crippen LogP contribution >= 0.6 is 30.3 Å². The number of imidazole rings is 1. The molecule has 32 heavy (non-hydrogen) atoms. The topological polar surface area (TPSA) is 224 Å². The fraction of sp³-hybridized carbons (Fsp3) is 0.600. The normalized spacial score (nSPS) is 28.5. The maximum absolute atomic E-state index is 12.1. The number of hydrogen-bond acceptors (Lipinski definition) is 11. The Labute approximate surface area is 194 Å². The maximum Gasteiger partial charge on any atom is 0.403 e. The Morgan fingerprint density at radius 2 is 2.12 bits per heavy atom. The lowest BCUT2D eigenvalue weighted by molar-refractivity contribution is -0.138.